The molecule has 0 saturated heterocycles. The lowest BCUT2D eigenvalue weighted by atomic mass is 10.0. The summed E-state index contributed by atoms with van der Waals surface area (Å²) in [6, 6.07) is 5.40. The van der Waals surface area contributed by atoms with Gasteiger partial charge in [-0.1, -0.05) is 26.7 Å². The van der Waals surface area contributed by atoms with E-state index in [-0.39, 0.29) is 0 Å². The van der Waals surface area contributed by atoms with E-state index in [0.717, 1.165) is 18.0 Å². The van der Waals surface area contributed by atoms with Gasteiger partial charge in [-0.05, 0) is 37.5 Å². The van der Waals surface area contributed by atoms with E-state index in [1.165, 1.54) is 12.8 Å². The van der Waals surface area contributed by atoms with Crippen LogP contribution in [0.5, 0.6) is 0 Å². The minimum Gasteiger partial charge on any atom is -0.397 e. The zero-order valence-corrected chi connectivity index (χ0v) is 12.1. The highest BCUT2D eigenvalue weighted by Crippen LogP contribution is 2.22. The highest BCUT2D eigenvalue weighted by Gasteiger charge is 2.08. The number of carbonyl (C=O) groups is 1. The van der Waals surface area contributed by atoms with Gasteiger partial charge in [-0.25, -0.2) is 0 Å². The molecule has 1 amide bonds. The molecule has 0 aromatic heterocycles. The standard InChI is InChI=1S/C15H25N3O/c1-10(2)5-4-6-11(3)18-14-9-12(15(17)19)7-8-13(14)16/h7-11,18H,4-6,16H2,1-3H3,(H2,17,19). The van der Waals surface area contributed by atoms with E-state index in [1.54, 1.807) is 18.2 Å². The SMILES string of the molecule is CC(C)CCCC(C)Nc1cc(C(N)=O)ccc1N. The molecule has 0 bridgehead atoms. The van der Waals surface area contributed by atoms with Crippen LogP contribution in [0.3, 0.4) is 0 Å². The second kappa shape index (κ2) is 7.02. The van der Waals surface area contributed by atoms with Gasteiger partial charge in [0.2, 0.25) is 5.91 Å². The predicted octanol–water partition coefficient (Wildman–Crippen LogP) is 2.99. The fraction of sp³-hybridized carbons (Fsp3) is 0.533. The van der Waals surface area contributed by atoms with Crippen LogP contribution in [0.25, 0.3) is 0 Å². The van der Waals surface area contributed by atoms with Gasteiger partial charge < -0.3 is 16.8 Å². The monoisotopic (exact) mass is 263 g/mol. The number of anilines is 2. The van der Waals surface area contributed by atoms with Crippen molar-refractivity contribution in [2.75, 3.05) is 11.1 Å². The number of nitrogens with one attached hydrogen (secondary N) is 1. The van der Waals surface area contributed by atoms with Gasteiger partial charge in [0.1, 0.15) is 0 Å². The summed E-state index contributed by atoms with van der Waals surface area (Å²) < 4.78 is 0. The minimum absolute atomic E-state index is 0.323. The predicted molar refractivity (Wildman–Crippen MR) is 81.1 cm³/mol. The maximum absolute atomic E-state index is 11.2. The summed E-state index contributed by atoms with van der Waals surface area (Å²) in [4.78, 5) is 11.2. The third-order valence-electron chi connectivity index (χ3n) is 3.16. The second-order valence-corrected chi connectivity index (χ2v) is 5.54. The zero-order chi connectivity index (χ0) is 14.4. The molecule has 0 aliphatic heterocycles. The third-order valence-corrected chi connectivity index (χ3v) is 3.16. The van der Waals surface area contributed by atoms with Crippen molar-refractivity contribution >= 4 is 17.3 Å². The quantitative estimate of drug-likeness (QED) is 0.661. The Morgan fingerprint density at radius 1 is 1.26 bits per heavy atom. The van der Waals surface area contributed by atoms with Gasteiger partial charge in [-0.2, -0.15) is 0 Å². The summed E-state index contributed by atoms with van der Waals surface area (Å²) in [5.74, 6) is 0.297. The number of hydrogen-bond donors (Lipinski definition) is 3. The van der Waals surface area contributed by atoms with E-state index in [1.807, 2.05) is 0 Å². The van der Waals surface area contributed by atoms with Crippen LogP contribution in [0.15, 0.2) is 18.2 Å². The topological polar surface area (TPSA) is 81.1 Å². The smallest absolute Gasteiger partial charge is 0.248 e. The van der Waals surface area contributed by atoms with E-state index in [0.29, 0.717) is 17.3 Å². The van der Waals surface area contributed by atoms with Gasteiger partial charge in [0.15, 0.2) is 0 Å². The number of nitrogen functional groups attached to an aromatic ring is 1. The van der Waals surface area contributed by atoms with Crippen molar-refractivity contribution in [3.63, 3.8) is 0 Å². The van der Waals surface area contributed by atoms with Crippen molar-refractivity contribution in [2.45, 2.75) is 46.1 Å². The van der Waals surface area contributed by atoms with E-state index >= 15 is 0 Å². The van der Waals surface area contributed by atoms with Crippen LogP contribution in [0, 0.1) is 5.92 Å². The first-order valence-corrected chi connectivity index (χ1v) is 6.86. The van der Waals surface area contributed by atoms with Crippen LogP contribution in [0.1, 0.15) is 50.4 Å². The normalized spacial score (nSPS) is 12.4. The summed E-state index contributed by atoms with van der Waals surface area (Å²) in [7, 11) is 0. The molecule has 0 aliphatic carbocycles. The van der Waals surface area contributed by atoms with Gasteiger partial charge in [-0.3, -0.25) is 4.79 Å². The number of amides is 1. The van der Waals surface area contributed by atoms with Crippen molar-refractivity contribution < 1.29 is 4.79 Å². The van der Waals surface area contributed by atoms with Gasteiger partial charge in [0, 0.05) is 11.6 Å². The lowest BCUT2D eigenvalue weighted by Crippen LogP contribution is -2.17. The van der Waals surface area contributed by atoms with Crippen LogP contribution >= 0.6 is 0 Å². The lowest BCUT2D eigenvalue weighted by Gasteiger charge is -2.17. The summed E-state index contributed by atoms with van der Waals surface area (Å²) in [5, 5.41) is 3.35. The first-order chi connectivity index (χ1) is 8.90. The zero-order valence-electron chi connectivity index (χ0n) is 12.1. The van der Waals surface area contributed by atoms with Gasteiger partial charge in [0.05, 0.1) is 11.4 Å². The molecule has 1 aromatic rings. The Morgan fingerprint density at radius 2 is 1.95 bits per heavy atom. The summed E-state index contributed by atoms with van der Waals surface area (Å²) in [6.45, 7) is 6.58. The average molecular weight is 263 g/mol. The van der Waals surface area contributed by atoms with Crippen LogP contribution < -0.4 is 16.8 Å². The van der Waals surface area contributed by atoms with E-state index in [2.05, 4.69) is 26.1 Å². The molecule has 0 aliphatic rings. The number of primary amides is 1. The van der Waals surface area contributed by atoms with Crippen molar-refractivity contribution in [1.82, 2.24) is 0 Å². The number of carbonyl (C=O) groups excluding carboxylic acids is 1. The van der Waals surface area contributed by atoms with Crippen LogP contribution in [0.2, 0.25) is 0 Å². The molecule has 0 spiro atoms. The maximum Gasteiger partial charge on any atom is 0.248 e. The van der Waals surface area contributed by atoms with E-state index in [9.17, 15) is 4.79 Å². The maximum atomic E-state index is 11.2. The molecular weight excluding hydrogens is 238 g/mol. The van der Waals surface area contributed by atoms with Crippen LogP contribution in [-0.4, -0.2) is 11.9 Å². The molecule has 19 heavy (non-hydrogen) atoms. The molecule has 1 atom stereocenters. The van der Waals surface area contributed by atoms with E-state index in [4.69, 9.17) is 11.5 Å². The largest absolute Gasteiger partial charge is 0.397 e. The van der Waals surface area contributed by atoms with Crippen molar-refractivity contribution in [3.05, 3.63) is 23.8 Å². The molecule has 5 N–H and O–H groups in total. The molecule has 0 saturated carbocycles. The fourth-order valence-electron chi connectivity index (χ4n) is 2.00. The fourth-order valence-corrected chi connectivity index (χ4v) is 2.00. The first kappa shape index (κ1) is 15.3. The molecular formula is C15H25N3O. The Bertz CT molecular complexity index is 429. The number of hydrogen-bond acceptors (Lipinski definition) is 3. The number of benzene rings is 1. The Balaban J connectivity index is 2.60. The van der Waals surface area contributed by atoms with Crippen LogP contribution in [0.4, 0.5) is 11.4 Å². The lowest BCUT2D eigenvalue weighted by molar-refractivity contribution is 0.100. The van der Waals surface area contributed by atoms with Crippen molar-refractivity contribution in [2.24, 2.45) is 11.7 Å². The number of rotatable bonds is 7. The highest BCUT2D eigenvalue weighted by molar-refractivity contribution is 5.94. The van der Waals surface area contributed by atoms with Crippen molar-refractivity contribution in [3.8, 4) is 0 Å². The Labute approximate surface area is 115 Å². The van der Waals surface area contributed by atoms with Gasteiger partial charge in [0.25, 0.3) is 0 Å². The molecule has 4 nitrogen and oxygen atoms in total. The van der Waals surface area contributed by atoms with Gasteiger partial charge in [-0.15, -0.1) is 0 Å². The molecule has 0 heterocycles. The molecule has 1 rings (SSSR count). The Kier molecular flexibility index (Phi) is 5.67. The summed E-state index contributed by atoms with van der Waals surface area (Å²) in [5.41, 5.74) is 13.1. The average Bonchev–Trinajstić information content (AvgIpc) is 2.31. The Morgan fingerprint density at radius 3 is 2.53 bits per heavy atom. The summed E-state index contributed by atoms with van der Waals surface area (Å²) in [6.07, 6.45) is 3.49. The Hall–Kier alpha value is -1.71. The molecule has 1 unspecified atom stereocenters. The third kappa shape index (κ3) is 5.20. The minimum atomic E-state index is -0.435. The number of nitrogens with two attached hydrogens (primary N) is 2. The molecule has 106 valence electrons. The van der Waals surface area contributed by atoms with E-state index < -0.39 is 5.91 Å². The molecule has 0 fully saturated rings. The van der Waals surface area contributed by atoms with Crippen LogP contribution in [-0.2, 0) is 0 Å². The summed E-state index contributed by atoms with van der Waals surface area (Å²) >= 11 is 0. The highest BCUT2D eigenvalue weighted by atomic mass is 16.1. The second-order valence-electron chi connectivity index (χ2n) is 5.54. The van der Waals surface area contributed by atoms with Gasteiger partial charge >= 0.3 is 0 Å². The van der Waals surface area contributed by atoms with Crippen molar-refractivity contribution in [1.29, 1.82) is 0 Å². The molecule has 0 radical (unpaired) electrons. The molecule has 4 heteroatoms. The first-order valence-electron chi connectivity index (χ1n) is 6.86. The molecule has 1 aromatic carbocycles.